The maximum atomic E-state index is 12.1. The molecule has 2 rings (SSSR count). The Hall–Kier alpha value is -0.770. The van der Waals surface area contributed by atoms with Crippen molar-refractivity contribution in [3.8, 4) is 0 Å². The standard InChI is InChI=1S/C13H23NO3/c1-13(2,3)17-12(16)14-7-6-10(15)8-11(14)9-4-5-9/h9-11,15H,4-8H2,1-3H3/t10-,11-/m0/s1. The highest BCUT2D eigenvalue weighted by atomic mass is 16.6. The lowest BCUT2D eigenvalue weighted by molar-refractivity contribution is -0.0118. The highest BCUT2D eigenvalue weighted by Crippen LogP contribution is 2.39. The third-order valence-corrected chi connectivity index (χ3v) is 3.41. The normalized spacial score (nSPS) is 30.2. The summed E-state index contributed by atoms with van der Waals surface area (Å²) in [6.45, 7) is 6.28. The van der Waals surface area contributed by atoms with Gasteiger partial charge in [0, 0.05) is 12.6 Å². The molecule has 2 aliphatic rings. The molecule has 1 heterocycles. The molecule has 4 heteroatoms. The average molecular weight is 241 g/mol. The number of aliphatic hydroxyl groups excluding tert-OH is 1. The number of ether oxygens (including phenoxy) is 1. The molecule has 2 fully saturated rings. The quantitative estimate of drug-likeness (QED) is 0.765. The van der Waals surface area contributed by atoms with Crippen LogP contribution in [0.1, 0.15) is 46.5 Å². The van der Waals surface area contributed by atoms with Crippen molar-refractivity contribution in [1.82, 2.24) is 4.90 Å². The topological polar surface area (TPSA) is 49.8 Å². The Bertz CT molecular complexity index is 294. The van der Waals surface area contributed by atoms with Gasteiger partial charge in [-0.3, -0.25) is 0 Å². The van der Waals surface area contributed by atoms with Crippen LogP contribution in [-0.4, -0.2) is 40.4 Å². The number of piperidine rings is 1. The fraction of sp³-hybridized carbons (Fsp3) is 0.923. The minimum Gasteiger partial charge on any atom is -0.444 e. The van der Waals surface area contributed by atoms with E-state index in [0.717, 1.165) is 0 Å². The van der Waals surface area contributed by atoms with E-state index in [0.29, 0.717) is 25.3 Å². The SMILES string of the molecule is CC(C)(C)OC(=O)N1CC[C@H](O)C[C@H]1C1CC1. The number of carbonyl (C=O) groups excluding carboxylic acids is 1. The highest BCUT2D eigenvalue weighted by molar-refractivity contribution is 5.68. The lowest BCUT2D eigenvalue weighted by Gasteiger charge is -2.38. The van der Waals surface area contributed by atoms with Crippen molar-refractivity contribution >= 4 is 6.09 Å². The highest BCUT2D eigenvalue weighted by Gasteiger charge is 2.42. The van der Waals surface area contributed by atoms with E-state index >= 15 is 0 Å². The van der Waals surface area contributed by atoms with Gasteiger partial charge in [-0.25, -0.2) is 4.79 Å². The summed E-state index contributed by atoms with van der Waals surface area (Å²) in [6.07, 6.45) is 3.26. The van der Waals surface area contributed by atoms with Crippen molar-refractivity contribution in [2.24, 2.45) is 5.92 Å². The molecule has 1 amide bonds. The molecule has 4 nitrogen and oxygen atoms in total. The second kappa shape index (κ2) is 4.48. The van der Waals surface area contributed by atoms with Crippen LogP contribution in [0, 0.1) is 5.92 Å². The van der Waals surface area contributed by atoms with E-state index in [1.807, 2.05) is 25.7 Å². The zero-order chi connectivity index (χ0) is 12.6. The Morgan fingerprint density at radius 1 is 1.29 bits per heavy atom. The first-order chi connectivity index (χ1) is 7.87. The minimum absolute atomic E-state index is 0.189. The van der Waals surface area contributed by atoms with Gasteiger partial charge in [0.1, 0.15) is 5.60 Å². The van der Waals surface area contributed by atoms with E-state index in [9.17, 15) is 9.90 Å². The van der Waals surface area contributed by atoms with Crippen LogP contribution in [0.5, 0.6) is 0 Å². The second-order valence-electron chi connectivity index (χ2n) is 6.26. The van der Waals surface area contributed by atoms with E-state index in [2.05, 4.69) is 0 Å². The number of rotatable bonds is 1. The summed E-state index contributed by atoms with van der Waals surface area (Å²) < 4.78 is 5.43. The van der Waals surface area contributed by atoms with Gasteiger partial charge in [-0.1, -0.05) is 0 Å². The molecule has 1 N–H and O–H groups in total. The van der Waals surface area contributed by atoms with Gasteiger partial charge in [0.15, 0.2) is 0 Å². The van der Waals surface area contributed by atoms with Crippen LogP contribution in [0.15, 0.2) is 0 Å². The summed E-state index contributed by atoms with van der Waals surface area (Å²) >= 11 is 0. The second-order valence-corrected chi connectivity index (χ2v) is 6.26. The van der Waals surface area contributed by atoms with Crippen molar-refractivity contribution in [2.75, 3.05) is 6.54 Å². The molecule has 0 aromatic rings. The van der Waals surface area contributed by atoms with Crippen molar-refractivity contribution in [3.05, 3.63) is 0 Å². The summed E-state index contributed by atoms with van der Waals surface area (Å²) in [5.74, 6) is 0.581. The van der Waals surface area contributed by atoms with E-state index in [4.69, 9.17) is 4.74 Å². The van der Waals surface area contributed by atoms with Crippen LogP contribution in [0.2, 0.25) is 0 Å². The number of likely N-dealkylation sites (tertiary alicyclic amines) is 1. The molecule has 1 aliphatic heterocycles. The molecule has 0 radical (unpaired) electrons. The molecule has 0 bridgehead atoms. The molecular formula is C13H23NO3. The molecule has 98 valence electrons. The van der Waals surface area contributed by atoms with E-state index < -0.39 is 5.60 Å². The third kappa shape index (κ3) is 3.35. The van der Waals surface area contributed by atoms with Crippen LogP contribution in [-0.2, 0) is 4.74 Å². The predicted octanol–water partition coefficient (Wildman–Crippen LogP) is 2.16. The molecule has 0 aromatic carbocycles. The average Bonchev–Trinajstić information content (AvgIpc) is 2.97. The van der Waals surface area contributed by atoms with Gasteiger partial charge in [-0.2, -0.15) is 0 Å². The van der Waals surface area contributed by atoms with Gasteiger partial charge >= 0.3 is 6.09 Å². The van der Waals surface area contributed by atoms with Crippen LogP contribution in [0.4, 0.5) is 4.79 Å². The van der Waals surface area contributed by atoms with Gasteiger partial charge < -0.3 is 14.7 Å². The van der Waals surface area contributed by atoms with Gasteiger partial charge in [0.05, 0.1) is 6.10 Å². The summed E-state index contributed by atoms with van der Waals surface area (Å²) in [4.78, 5) is 13.9. The largest absolute Gasteiger partial charge is 0.444 e. The van der Waals surface area contributed by atoms with Crippen molar-refractivity contribution in [3.63, 3.8) is 0 Å². The number of aliphatic hydroxyl groups is 1. The van der Waals surface area contributed by atoms with Crippen LogP contribution >= 0.6 is 0 Å². The van der Waals surface area contributed by atoms with E-state index in [1.165, 1.54) is 12.8 Å². The fourth-order valence-electron chi connectivity index (χ4n) is 2.45. The molecular weight excluding hydrogens is 218 g/mol. The Morgan fingerprint density at radius 2 is 1.94 bits per heavy atom. The Balaban J connectivity index is 1.99. The number of nitrogens with zero attached hydrogens (tertiary/aromatic N) is 1. The number of amides is 1. The molecule has 1 aliphatic carbocycles. The number of carbonyl (C=O) groups is 1. The van der Waals surface area contributed by atoms with E-state index in [-0.39, 0.29) is 18.2 Å². The number of hydrogen-bond acceptors (Lipinski definition) is 3. The van der Waals surface area contributed by atoms with Gasteiger partial charge in [0.2, 0.25) is 0 Å². The monoisotopic (exact) mass is 241 g/mol. The summed E-state index contributed by atoms with van der Waals surface area (Å²) in [5, 5.41) is 9.71. The third-order valence-electron chi connectivity index (χ3n) is 3.41. The molecule has 1 saturated heterocycles. The fourth-order valence-corrected chi connectivity index (χ4v) is 2.45. The smallest absolute Gasteiger partial charge is 0.410 e. The molecule has 0 aromatic heterocycles. The summed E-state index contributed by atoms with van der Waals surface area (Å²) in [5.41, 5.74) is -0.443. The Labute approximate surface area is 103 Å². The molecule has 17 heavy (non-hydrogen) atoms. The van der Waals surface area contributed by atoms with Gasteiger partial charge in [-0.15, -0.1) is 0 Å². The summed E-state index contributed by atoms with van der Waals surface area (Å²) in [6, 6.07) is 0.189. The minimum atomic E-state index is -0.443. The zero-order valence-electron chi connectivity index (χ0n) is 11.0. The zero-order valence-corrected chi connectivity index (χ0v) is 11.0. The number of hydrogen-bond donors (Lipinski definition) is 1. The van der Waals surface area contributed by atoms with Gasteiger partial charge in [0.25, 0.3) is 0 Å². The van der Waals surface area contributed by atoms with Crippen molar-refractivity contribution in [2.45, 2.75) is 64.2 Å². The lowest BCUT2D eigenvalue weighted by atomic mass is 9.96. The first-order valence-electron chi connectivity index (χ1n) is 6.54. The van der Waals surface area contributed by atoms with Crippen LogP contribution in [0.3, 0.4) is 0 Å². The van der Waals surface area contributed by atoms with Crippen LogP contribution < -0.4 is 0 Å². The Morgan fingerprint density at radius 3 is 2.47 bits per heavy atom. The molecule has 1 saturated carbocycles. The molecule has 0 spiro atoms. The van der Waals surface area contributed by atoms with Crippen molar-refractivity contribution in [1.29, 1.82) is 0 Å². The van der Waals surface area contributed by atoms with E-state index in [1.54, 1.807) is 0 Å². The predicted molar refractivity (Wildman–Crippen MR) is 64.7 cm³/mol. The van der Waals surface area contributed by atoms with Crippen LogP contribution in [0.25, 0.3) is 0 Å². The molecule has 0 unspecified atom stereocenters. The Kier molecular flexibility index (Phi) is 3.34. The first kappa shape index (κ1) is 12.7. The lowest BCUT2D eigenvalue weighted by Crippen LogP contribution is -2.50. The van der Waals surface area contributed by atoms with Gasteiger partial charge in [-0.05, 0) is 52.4 Å². The molecule has 2 atom stereocenters. The van der Waals surface area contributed by atoms with Crippen molar-refractivity contribution < 1.29 is 14.6 Å². The first-order valence-corrected chi connectivity index (χ1v) is 6.54. The maximum Gasteiger partial charge on any atom is 0.410 e. The maximum absolute atomic E-state index is 12.1. The summed E-state index contributed by atoms with van der Waals surface area (Å²) in [7, 11) is 0.